The maximum Gasteiger partial charge on any atom is 0.306 e. The number of hydrogen-bond donors (Lipinski definition) is 0. The number of esters is 2. The number of carbonyl (C=O) groups is 4. The van der Waals surface area contributed by atoms with Crippen molar-refractivity contribution in [3.8, 4) is 0 Å². The predicted molar refractivity (Wildman–Crippen MR) is 212 cm³/mol. The number of hydrogen-bond acceptors (Lipinski definition) is 6. The topological polar surface area (TPSA) is 86.7 Å². The van der Waals surface area contributed by atoms with Gasteiger partial charge in [0.2, 0.25) is 0 Å². The van der Waals surface area contributed by atoms with Gasteiger partial charge in [0.1, 0.15) is 12.2 Å². The van der Waals surface area contributed by atoms with E-state index in [0.717, 1.165) is 82.5 Å². The summed E-state index contributed by atoms with van der Waals surface area (Å²) >= 11 is 0. The molecule has 0 aromatic heterocycles. The van der Waals surface area contributed by atoms with Crippen molar-refractivity contribution in [1.82, 2.24) is 0 Å². The van der Waals surface area contributed by atoms with E-state index in [1.165, 1.54) is 68.9 Å². The molecular formula is C48H72O6. The SMILES string of the molecule is CCC(=O)O[C@H]1CC[C@H]2[C@@H]3CCC4=CC(=O)CC[C@]4(C)[C@H]3CC[C@]12C.CCCCCCC(=O)O[C@H]1CC[C@H]2[C@@H]3CCC4=CC(=O)CC[C@]4(C)[C@H]3CC[C@]12C. The van der Waals surface area contributed by atoms with Gasteiger partial charge in [0.15, 0.2) is 11.6 Å². The first-order valence-corrected chi connectivity index (χ1v) is 22.6. The highest BCUT2D eigenvalue weighted by Crippen LogP contribution is 2.67. The molecule has 0 aliphatic heterocycles. The highest BCUT2D eigenvalue weighted by Gasteiger charge is 2.61. The molecule has 0 aromatic rings. The summed E-state index contributed by atoms with van der Waals surface area (Å²) in [6.45, 7) is 13.7. The minimum Gasteiger partial charge on any atom is -0.462 e. The average molecular weight is 745 g/mol. The Kier molecular flexibility index (Phi) is 11.5. The van der Waals surface area contributed by atoms with Gasteiger partial charge in [0.25, 0.3) is 0 Å². The number of ketones is 2. The van der Waals surface area contributed by atoms with E-state index in [1.807, 2.05) is 19.1 Å². The highest BCUT2D eigenvalue weighted by atomic mass is 16.5. The second-order valence-electron chi connectivity index (χ2n) is 20.3. The fraction of sp³-hybridized carbons (Fsp3) is 0.833. The summed E-state index contributed by atoms with van der Waals surface area (Å²) in [7, 11) is 0. The second-order valence-corrected chi connectivity index (χ2v) is 20.3. The zero-order valence-corrected chi connectivity index (χ0v) is 34.8. The lowest BCUT2D eigenvalue weighted by molar-refractivity contribution is -0.160. The van der Waals surface area contributed by atoms with Crippen LogP contribution in [0.5, 0.6) is 0 Å². The second kappa shape index (κ2) is 15.6. The Morgan fingerprint density at radius 1 is 0.574 bits per heavy atom. The molecule has 0 aromatic carbocycles. The van der Waals surface area contributed by atoms with Gasteiger partial charge < -0.3 is 9.47 Å². The molecule has 0 heterocycles. The van der Waals surface area contributed by atoms with E-state index in [1.54, 1.807) is 0 Å². The van der Waals surface area contributed by atoms with Gasteiger partial charge in [-0.2, -0.15) is 0 Å². The van der Waals surface area contributed by atoms with Crippen molar-refractivity contribution in [2.24, 2.45) is 57.2 Å². The molecule has 6 heteroatoms. The molecule has 0 radical (unpaired) electrons. The van der Waals surface area contributed by atoms with Crippen LogP contribution >= 0.6 is 0 Å². The molecular weight excluding hydrogens is 673 g/mol. The fourth-order valence-corrected chi connectivity index (χ4v) is 14.6. The van der Waals surface area contributed by atoms with Crippen molar-refractivity contribution in [2.75, 3.05) is 0 Å². The minimum absolute atomic E-state index is 0.0294. The normalized spacial score (nSPS) is 43.4. The number of allylic oxidation sites excluding steroid dienone is 2. The maximum atomic E-state index is 12.5. The first kappa shape index (κ1) is 40.0. The molecule has 12 atom stereocenters. The Hall–Kier alpha value is -2.24. The van der Waals surface area contributed by atoms with E-state index in [-0.39, 0.29) is 45.8 Å². The summed E-state index contributed by atoms with van der Waals surface area (Å²) in [5, 5.41) is 0. The molecule has 54 heavy (non-hydrogen) atoms. The van der Waals surface area contributed by atoms with Gasteiger partial charge >= 0.3 is 11.9 Å². The zero-order valence-electron chi connectivity index (χ0n) is 34.8. The lowest BCUT2D eigenvalue weighted by atomic mass is 9.47. The molecule has 6 nitrogen and oxygen atoms in total. The van der Waals surface area contributed by atoms with Crippen LogP contribution in [0.25, 0.3) is 0 Å². The third kappa shape index (κ3) is 7.03. The van der Waals surface area contributed by atoms with E-state index in [2.05, 4.69) is 34.6 Å². The standard InChI is InChI=1S/C26H40O3.C22H32O3/c1-4-5-6-7-8-24(28)29-23-12-11-21-20-10-9-18-17-19(27)13-15-25(18,2)22(20)14-16-26(21,23)3;1-4-20(24)25-19-8-7-17-16-6-5-14-13-15(23)9-11-21(14,2)18(16)10-12-22(17,19)3/h17,20-23H,4-16H2,1-3H3;13,16-19H,4-12H2,1-3H3/t20-,21-,22-,23-,25-,26-;16-,17-,18-,19-,21-,22-/m00/s1. The van der Waals surface area contributed by atoms with E-state index < -0.39 is 0 Å². The van der Waals surface area contributed by atoms with Crippen LogP contribution in [0.2, 0.25) is 0 Å². The Balaban J connectivity index is 0.000000168. The molecule has 8 aliphatic carbocycles. The Morgan fingerprint density at radius 3 is 1.52 bits per heavy atom. The molecule has 0 N–H and O–H groups in total. The van der Waals surface area contributed by atoms with Crippen molar-refractivity contribution in [2.45, 2.75) is 195 Å². The van der Waals surface area contributed by atoms with Crippen LogP contribution < -0.4 is 0 Å². The van der Waals surface area contributed by atoms with Crippen molar-refractivity contribution >= 4 is 23.5 Å². The number of rotatable bonds is 8. The van der Waals surface area contributed by atoms with Crippen LogP contribution in [-0.2, 0) is 28.7 Å². The average Bonchev–Trinajstić information content (AvgIpc) is 3.66. The summed E-state index contributed by atoms with van der Waals surface area (Å²) in [6, 6.07) is 0. The first-order chi connectivity index (χ1) is 25.8. The number of unbranched alkanes of at least 4 members (excludes halogenated alkanes) is 3. The van der Waals surface area contributed by atoms with Crippen molar-refractivity contribution in [3.63, 3.8) is 0 Å². The van der Waals surface area contributed by atoms with Gasteiger partial charge in [0, 0.05) is 36.5 Å². The van der Waals surface area contributed by atoms with Gasteiger partial charge in [-0.3, -0.25) is 19.2 Å². The molecule has 300 valence electrons. The van der Waals surface area contributed by atoms with Crippen LogP contribution in [-0.4, -0.2) is 35.7 Å². The lowest BCUT2D eigenvalue weighted by Gasteiger charge is -2.57. The quantitative estimate of drug-likeness (QED) is 0.182. The van der Waals surface area contributed by atoms with Gasteiger partial charge in [-0.15, -0.1) is 0 Å². The molecule has 0 spiro atoms. The van der Waals surface area contributed by atoms with Crippen LogP contribution in [0.4, 0.5) is 0 Å². The summed E-state index contributed by atoms with van der Waals surface area (Å²) in [5.41, 5.74) is 3.64. The molecule has 6 saturated carbocycles. The lowest BCUT2D eigenvalue weighted by Crippen LogP contribution is -2.51. The van der Waals surface area contributed by atoms with Gasteiger partial charge in [-0.1, -0.05) is 72.0 Å². The van der Waals surface area contributed by atoms with Crippen LogP contribution in [0.15, 0.2) is 23.3 Å². The summed E-state index contributed by atoms with van der Waals surface area (Å²) in [4.78, 5) is 48.2. The summed E-state index contributed by atoms with van der Waals surface area (Å²) in [5.74, 6) is 4.89. The molecule has 8 rings (SSSR count). The largest absolute Gasteiger partial charge is 0.462 e. The van der Waals surface area contributed by atoms with Gasteiger partial charge in [-0.25, -0.2) is 0 Å². The number of fused-ring (bicyclic) bond motifs is 10. The number of ether oxygens (including phenoxy) is 2. The van der Waals surface area contributed by atoms with Crippen LogP contribution in [0, 0.1) is 57.2 Å². The third-order valence-corrected chi connectivity index (χ3v) is 17.8. The van der Waals surface area contributed by atoms with E-state index >= 15 is 0 Å². The molecule has 0 unspecified atom stereocenters. The summed E-state index contributed by atoms with van der Waals surface area (Å²) in [6.07, 6.45) is 27.2. The number of carbonyl (C=O) groups excluding carboxylic acids is 4. The van der Waals surface area contributed by atoms with Gasteiger partial charge in [0.05, 0.1) is 0 Å². The molecule has 8 aliphatic rings. The molecule has 0 bridgehead atoms. The molecule has 0 amide bonds. The highest BCUT2D eigenvalue weighted by molar-refractivity contribution is 5.92. The Bertz CT molecular complexity index is 1520. The van der Waals surface area contributed by atoms with Crippen LogP contribution in [0.1, 0.15) is 183 Å². The minimum atomic E-state index is -0.0411. The van der Waals surface area contributed by atoms with E-state index in [4.69, 9.17) is 9.47 Å². The zero-order chi connectivity index (χ0) is 38.5. The van der Waals surface area contributed by atoms with Crippen molar-refractivity contribution < 1.29 is 28.7 Å². The van der Waals surface area contributed by atoms with Crippen LogP contribution in [0.3, 0.4) is 0 Å². The van der Waals surface area contributed by atoms with E-state index in [9.17, 15) is 19.2 Å². The van der Waals surface area contributed by atoms with Gasteiger partial charge in [-0.05, 0) is 155 Å². The summed E-state index contributed by atoms with van der Waals surface area (Å²) < 4.78 is 12.0. The maximum absolute atomic E-state index is 12.5. The molecule has 6 fully saturated rings. The first-order valence-electron chi connectivity index (χ1n) is 22.6. The molecule has 0 saturated heterocycles. The monoisotopic (exact) mass is 745 g/mol. The third-order valence-electron chi connectivity index (χ3n) is 17.8. The smallest absolute Gasteiger partial charge is 0.306 e. The Morgan fingerprint density at radius 2 is 1.06 bits per heavy atom. The predicted octanol–water partition coefficient (Wildman–Crippen LogP) is 11.2. The van der Waals surface area contributed by atoms with Crippen molar-refractivity contribution in [1.29, 1.82) is 0 Å². The Labute approximate surface area is 326 Å². The van der Waals surface area contributed by atoms with Crippen molar-refractivity contribution in [3.05, 3.63) is 23.3 Å². The fourth-order valence-electron chi connectivity index (χ4n) is 14.6. The van der Waals surface area contributed by atoms with E-state index in [0.29, 0.717) is 48.1 Å².